The Balaban J connectivity index is 1.69. The first-order valence-corrected chi connectivity index (χ1v) is 7.86. The third-order valence-electron chi connectivity index (χ3n) is 3.60. The first-order valence-electron chi connectivity index (χ1n) is 7.04. The minimum absolute atomic E-state index is 0.170. The molecule has 0 bridgehead atoms. The molecule has 0 atom stereocenters. The van der Waals surface area contributed by atoms with Gasteiger partial charge in [0, 0.05) is 33.8 Å². The van der Waals surface area contributed by atoms with Gasteiger partial charge < -0.3 is 4.98 Å². The summed E-state index contributed by atoms with van der Waals surface area (Å²) >= 11 is 1.38. The van der Waals surface area contributed by atoms with Crippen LogP contribution in [0.15, 0.2) is 60.9 Å². The first kappa shape index (κ1) is 13.8. The summed E-state index contributed by atoms with van der Waals surface area (Å²) in [4.78, 5) is 21.4. The number of halogens is 1. The highest BCUT2D eigenvalue weighted by atomic mass is 32.1. The fourth-order valence-electron chi connectivity index (χ4n) is 2.46. The summed E-state index contributed by atoms with van der Waals surface area (Å²) in [5.41, 5.74) is 2.15. The maximum absolute atomic E-state index is 13.3. The highest BCUT2D eigenvalue weighted by Crippen LogP contribution is 2.30. The summed E-state index contributed by atoms with van der Waals surface area (Å²) in [6.07, 6.45) is 3.62. The number of hydrogen-bond donors (Lipinski definition) is 1. The Kier molecular flexibility index (Phi) is 3.28. The number of aromatic amines is 1. The van der Waals surface area contributed by atoms with E-state index in [1.54, 1.807) is 24.4 Å². The quantitative estimate of drug-likeness (QED) is 0.558. The molecule has 0 aliphatic carbocycles. The number of pyridine rings is 1. The number of hydrogen-bond acceptors (Lipinski definition) is 3. The van der Waals surface area contributed by atoms with Crippen molar-refractivity contribution in [1.82, 2.24) is 9.97 Å². The Bertz CT molecular complexity index is 1020. The smallest absolute Gasteiger partial charge is 0.203 e. The number of H-pyrrole nitrogens is 1. The summed E-state index contributed by atoms with van der Waals surface area (Å²) in [7, 11) is 0. The average molecular weight is 322 g/mol. The second-order valence-corrected chi connectivity index (χ2v) is 6.23. The van der Waals surface area contributed by atoms with Crippen molar-refractivity contribution in [2.45, 2.75) is 0 Å². The molecule has 3 aromatic heterocycles. The van der Waals surface area contributed by atoms with Crippen LogP contribution in [-0.4, -0.2) is 15.8 Å². The molecule has 0 saturated carbocycles. The molecule has 0 unspecified atom stereocenters. The van der Waals surface area contributed by atoms with E-state index >= 15 is 0 Å². The van der Waals surface area contributed by atoms with Crippen molar-refractivity contribution < 1.29 is 9.18 Å². The second-order valence-electron chi connectivity index (χ2n) is 5.14. The average Bonchev–Trinajstić information content (AvgIpc) is 3.22. The topological polar surface area (TPSA) is 45.8 Å². The molecule has 1 N–H and O–H groups in total. The Labute approximate surface area is 135 Å². The molecule has 4 rings (SSSR count). The van der Waals surface area contributed by atoms with Gasteiger partial charge in [-0.2, -0.15) is 0 Å². The molecule has 0 fully saturated rings. The molecule has 23 heavy (non-hydrogen) atoms. The van der Waals surface area contributed by atoms with E-state index in [9.17, 15) is 9.18 Å². The predicted octanol–water partition coefficient (Wildman–Crippen LogP) is 4.66. The summed E-state index contributed by atoms with van der Waals surface area (Å²) < 4.78 is 13.3. The number of ketones is 1. The van der Waals surface area contributed by atoms with Crippen LogP contribution in [0.2, 0.25) is 0 Å². The molecule has 1 aromatic carbocycles. The highest BCUT2D eigenvalue weighted by molar-refractivity contribution is 7.17. The van der Waals surface area contributed by atoms with Crippen molar-refractivity contribution in [3.63, 3.8) is 0 Å². The third kappa shape index (κ3) is 2.55. The lowest BCUT2D eigenvalue weighted by molar-refractivity contribution is 0.104. The summed E-state index contributed by atoms with van der Waals surface area (Å²) in [6.45, 7) is 0. The van der Waals surface area contributed by atoms with Crippen LogP contribution in [0.5, 0.6) is 0 Å². The molecule has 0 radical (unpaired) electrons. The number of carbonyl (C=O) groups excluding carboxylic acids is 1. The Morgan fingerprint density at radius 1 is 1.13 bits per heavy atom. The standard InChI is InChI=1S/C18H11FN2OS/c19-14-3-1-2-11(9-14)17(22)16-5-4-15(23-16)13-8-12-6-7-20-18(12)21-10-13/h1-10H,(H,20,21). The van der Waals surface area contributed by atoms with Gasteiger partial charge in [0.2, 0.25) is 5.78 Å². The number of aromatic nitrogens is 2. The van der Waals surface area contributed by atoms with Crippen LogP contribution in [0.1, 0.15) is 15.2 Å². The summed E-state index contributed by atoms with van der Waals surface area (Å²) in [6, 6.07) is 13.4. The van der Waals surface area contributed by atoms with Crippen molar-refractivity contribution in [2.24, 2.45) is 0 Å². The summed E-state index contributed by atoms with van der Waals surface area (Å²) in [5.74, 6) is -0.578. The molecule has 3 nitrogen and oxygen atoms in total. The van der Waals surface area contributed by atoms with Gasteiger partial charge in [0.1, 0.15) is 11.5 Å². The molecule has 4 aromatic rings. The van der Waals surface area contributed by atoms with Crippen molar-refractivity contribution in [2.75, 3.05) is 0 Å². The van der Waals surface area contributed by atoms with E-state index in [0.717, 1.165) is 21.5 Å². The van der Waals surface area contributed by atoms with Gasteiger partial charge in [0.05, 0.1) is 4.88 Å². The number of rotatable bonds is 3. The van der Waals surface area contributed by atoms with Gasteiger partial charge in [-0.1, -0.05) is 12.1 Å². The lowest BCUT2D eigenvalue weighted by atomic mass is 10.1. The molecule has 112 valence electrons. The Morgan fingerprint density at radius 3 is 2.91 bits per heavy atom. The lowest BCUT2D eigenvalue weighted by Crippen LogP contribution is -1.98. The van der Waals surface area contributed by atoms with Crippen LogP contribution in [0.25, 0.3) is 21.5 Å². The molecule has 0 aliphatic heterocycles. The molecular formula is C18H11FN2OS. The number of thiophene rings is 1. The molecule has 0 saturated heterocycles. The number of fused-ring (bicyclic) bond motifs is 1. The van der Waals surface area contributed by atoms with Crippen LogP contribution in [0.4, 0.5) is 4.39 Å². The monoisotopic (exact) mass is 322 g/mol. The van der Waals surface area contributed by atoms with Gasteiger partial charge >= 0.3 is 0 Å². The van der Waals surface area contributed by atoms with Crippen molar-refractivity contribution in [3.05, 3.63) is 77.2 Å². The maximum atomic E-state index is 13.3. The molecule has 0 aliphatic rings. The van der Waals surface area contributed by atoms with Gasteiger partial charge in [-0.15, -0.1) is 11.3 Å². The number of nitrogens with zero attached hydrogens (tertiary/aromatic N) is 1. The number of benzene rings is 1. The zero-order valence-electron chi connectivity index (χ0n) is 11.9. The fraction of sp³-hybridized carbons (Fsp3) is 0. The minimum Gasteiger partial charge on any atom is -0.346 e. The van der Waals surface area contributed by atoms with Crippen LogP contribution in [0, 0.1) is 5.82 Å². The van der Waals surface area contributed by atoms with Crippen LogP contribution in [0.3, 0.4) is 0 Å². The summed E-state index contributed by atoms with van der Waals surface area (Å²) in [5, 5.41) is 1.02. The van der Waals surface area contributed by atoms with E-state index in [1.807, 2.05) is 24.4 Å². The van der Waals surface area contributed by atoms with E-state index in [4.69, 9.17) is 0 Å². The van der Waals surface area contributed by atoms with Gasteiger partial charge in [-0.25, -0.2) is 9.37 Å². The predicted molar refractivity (Wildman–Crippen MR) is 89.2 cm³/mol. The SMILES string of the molecule is O=C(c1cccc(F)c1)c1ccc(-c2cnc3[nH]ccc3c2)s1. The molecule has 0 amide bonds. The fourth-order valence-corrected chi connectivity index (χ4v) is 3.41. The zero-order valence-corrected chi connectivity index (χ0v) is 12.7. The van der Waals surface area contributed by atoms with E-state index in [2.05, 4.69) is 9.97 Å². The van der Waals surface area contributed by atoms with E-state index < -0.39 is 5.82 Å². The van der Waals surface area contributed by atoms with Gasteiger partial charge in [-0.05, 0) is 36.4 Å². The number of nitrogens with one attached hydrogen (secondary N) is 1. The van der Waals surface area contributed by atoms with Gasteiger partial charge in [0.15, 0.2) is 0 Å². The maximum Gasteiger partial charge on any atom is 0.203 e. The second kappa shape index (κ2) is 5.44. The molecule has 5 heteroatoms. The van der Waals surface area contributed by atoms with Gasteiger partial charge in [0.25, 0.3) is 0 Å². The van der Waals surface area contributed by atoms with Crippen molar-refractivity contribution >= 4 is 28.2 Å². The van der Waals surface area contributed by atoms with Crippen LogP contribution >= 0.6 is 11.3 Å². The van der Waals surface area contributed by atoms with Crippen molar-refractivity contribution in [3.8, 4) is 10.4 Å². The highest BCUT2D eigenvalue weighted by Gasteiger charge is 2.13. The molecule has 3 heterocycles. The van der Waals surface area contributed by atoms with E-state index in [0.29, 0.717) is 10.4 Å². The van der Waals surface area contributed by atoms with E-state index in [-0.39, 0.29) is 5.78 Å². The van der Waals surface area contributed by atoms with E-state index in [1.165, 1.54) is 23.5 Å². The normalized spacial score (nSPS) is 11.0. The number of carbonyl (C=O) groups is 1. The van der Waals surface area contributed by atoms with Gasteiger partial charge in [-0.3, -0.25) is 4.79 Å². The largest absolute Gasteiger partial charge is 0.346 e. The molecular weight excluding hydrogens is 311 g/mol. The zero-order chi connectivity index (χ0) is 15.8. The van der Waals surface area contributed by atoms with Crippen molar-refractivity contribution in [1.29, 1.82) is 0 Å². The lowest BCUT2D eigenvalue weighted by Gasteiger charge is -1.99. The van der Waals surface area contributed by atoms with Crippen LogP contribution < -0.4 is 0 Å². The van der Waals surface area contributed by atoms with Crippen LogP contribution in [-0.2, 0) is 0 Å². The third-order valence-corrected chi connectivity index (χ3v) is 4.73. The minimum atomic E-state index is -0.408. The Hall–Kier alpha value is -2.79. The first-order chi connectivity index (χ1) is 11.2. The molecule has 0 spiro atoms. The Morgan fingerprint density at radius 2 is 2.04 bits per heavy atom.